The molecule has 3 rings (SSSR count). The molecule has 1 aromatic rings. The number of thioether (sulfide) groups is 2. The zero-order chi connectivity index (χ0) is 15.1. The average molecular weight is 361 g/mol. The third-order valence-electron chi connectivity index (χ3n) is 3.16. The van der Waals surface area contributed by atoms with E-state index in [1.165, 1.54) is 39.8 Å². The number of aliphatic carboxylic acids is 1. The molecule has 2 unspecified atom stereocenters. The smallest absolute Gasteiger partial charge is 0.248 e. The fraction of sp³-hybridized carbons (Fsp3) is 0.455. The highest BCUT2D eigenvalue weighted by Crippen LogP contribution is 2.40. The van der Waals surface area contributed by atoms with Crippen LogP contribution in [0, 0.1) is 6.92 Å². The highest BCUT2D eigenvalue weighted by atomic mass is 32.2. The number of fused-ring (bicyclic) bond motifs is 1. The number of amides is 1. The topological polar surface area (TPSA) is 149 Å². The summed E-state index contributed by atoms with van der Waals surface area (Å²) in [5.74, 6) is -0.724. The lowest BCUT2D eigenvalue weighted by molar-refractivity contribution is -0.301. The van der Waals surface area contributed by atoms with E-state index in [1.54, 1.807) is 0 Å². The van der Waals surface area contributed by atoms with Gasteiger partial charge in [0.25, 0.3) is 0 Å². The molecule has 2 aliphatic heterocycles. The lowest BCUT2D eigenvalue weighted by Gasteiger charge is -2.49. The SMILES string of the molecule is Cc1nnc(SCC2=C(C(=O)[O-])N3C(=O)C(N)C3SC2)s1.[NH4+]. The number of nitrogens with zero attached hydrogens (tertiary/aromatic N) is 3. The summed E-state index contributed by atoms with van der Waals surface area (Å²) in [6.45, 7) is 1.86. The van der Waals surface area contributed by atoms with Crippen molar-refractivity contribution >= 4 is 46.7 Å². The molecule has 0 aliphatic carbocycles. The fourth-order valence-electron chi connectivity index (χ4n) is 2.17. The van der Waals surface area contributed by atoms with Gasteiger partial charge in [0.2, 0.25) is 5.91 Å². The molecule has 0 saturated carbocycles. The maximum atomic E-state index is 11.8. The Morgan fingerprint density at radius 2 is 2.27 bits per heavy atom. The number of carboxylic acid groups (broad SMARTS) is 1. The second-order valence-electron chi connectivity index (χ2n) is 4.55. The number of hydrogen-bond acceptors (Lipinski definition) is 9. The van der Waals surface area contributed by atoms with Crippen molar-refractivity contribution in [1.29, 1.82) is 0 Å². The van der Waals surface area contributed by atoms with E-state index in [0.717, 1.165) is 9.35 Å². The van der Waals surface area contributed by atoms with E-state index in [0.29, 0.717) is 17.1 Å². The van der Waals surface area contributed by atoms with Gasteiger partial charge in [0.15, 0.2) is 4.34 Å². The zero-order valence-electron chi connectivity index (χ0n) is 11.9. The second-order valence-corrected chi connectivity index (χ2v) is 8.06. The first-order valence-corrected chi connectivity index (χ1v) is 8.90. The van der Waals surface area contributed by atoms with Gasteiger partial charge in [-0.15, -0.1) is 22.0 Å². The third kappa shape index (κ3) is 2.86. The number of aryl methyl sites for hydroxylation is 1. The van der Waals surface area contributed by atoms with Crippen LogP contribution in [0.1, 0.15) is 5.01 Å². The molecule has 11 heteroatoms. The Labute approximate surface area is 139 Å². The number of nitrogens with two attached hydrogens (primary N) is 1. The Hall–Kier alpha value is -1.14. The van der Waals surface area contributed by atoms with Crippen LogP contribution in [0.4, 0.5) is 0 Å². The monoisotopic (exact) mass is 361 g/mol. The van der Waals surface area contributed by atoms with Crippen LogP contribution in [0.15, 0.2) is 15.6 Å². The molecule has 0 radical (unpaired) electrons. The molecule has 2 aliphatic rings. The normalized spacial score (nSPS) is 23.7. The van der Waals surface area contributed by atoms with E-state index in [-0.39, 0.29) is 23.1 Å². The van der Waals surface area contributed by atoms with Crippen molar-refractivity contribution in [3.63, 3.8) is 0 Å². The van der Waals surface area contributed by atoms with E-state index in [2.05, 4.69) is 10.2 Å². The van der Waals surface area contributed by atoms with E-state index in [1.807, 2.05) is 6.92 Å². The molecule has 1 saturated heterocycles. The summed E-state index contributed by atoms with van der Waals surface area (Å²) in [5.41, 5.74) is 6.32. The number of aromatic nitrogens is 2. The van der Waals surface area contributed by atoms with E-state index >= 15 is 0 Å². The molecule has 22 heavy (non-hydrogen) atoms. The lowest BCUT2D eigenvalue weighted by Crippen LogP contribution is -2.69. The van der Waals surface area contributed by atoms with Crippen LogP contribution in [-0.4, -0.2) is 49.9 Å². The summed E-state index contributed by atoms with van der Waals surface area (Å²) in [6.07, 6.45) is 0. The molecule has 0 aromatic carbocycles. The first-order chi connectivity index (χ1) is 9.99. The minimum Gasteiger partial charge on any atom is -0.543 e. The van der Waals surface area contributed by atoms with Crippen LogP contribution >= 0.6 is 34.9 Å². The Morgan fingerprint density at radius 3 is 2.86 bits per heavy atom. The summed E-state index contributed by atoms with van der Waals surface area (Å²) >= 11 is 4.34. The minimum absolute atomic E-state index is 0. The van der Waals surface area contributed by atoms with Crippen LogP contribution in [-0.2, 0) is 9.59 Å². The number of carbonyl (C=O) groups excluding carboxylic acids is 2. The van der Waals surface area contributed by atoms with Crippen LogP contribution < -0.4 is 17.0 Å². The molecular weight excluding hydrogens is 346 g/mol. The van der Waals surface area contributed by atoms with Crippen LogP contribution in [0.5, 0.6) is 0 Å². The van der Waals surface area contributed by atoms with Crippen molar-refractivity contribution in [1.82, 2.24) is 21.2 Å². The van der Waals surface area contributed by atoms with Crippen LogP contribution in [0.2, 0.25) is 0 Å². The van der Waals surface area contributed by atoms with Gasteiger partial charge < -0.3 is 21.8 Å². The maximum absolute atomic E-state index is 11.8. The van der Waals surface area contributed by atoms with Gasteiger partial charge in [0, 0.05) is 11.5 Å². The number of quaternary nitrogens is 1. The standard InChI is InChI=1S/C11H12N4O3S3.H3N/c1-4-13-14-11(21-4)20-3-5-2-19-9-6(12)8(16)15(9)7(5)10(17)18;/h6,9H,2-3,12H2,1H3,(H,17,18);1H3. The highest BCUT2D eigenvalue weighted by molar-refractivity contribution is 8.01. The number of β-lactam (4-membered cyclic amide) rings is 1. The molecule has 8 nitrogen and oxygen atoms in total. The zero-order valence-corrected chi connectivity index (χ0v) is 14.4. The van der Waals surface area contributed by atoms with Gasteiger partial charge in [0.05, 0.1) is 11.7 Å². The minimum atomic E-state index is -1.33. The number of carbonyl (C=O) groups is 2. The van der Waals surface area contributed by atoms with Crippen LogP contribution in [0.25, 0.3) is 0 Å². The Kier molecular flexibility index (Phi) is 5.12. The predicted molar refractivity (Wildman–Crippen MR) is 84.5 cm³/mol. The number of rotatable bonds is 4. The van der Waals surface area contributed by atoms with Gasteiger partial charge in [-0.2, -0.15) is 0 Å². The van der Waals surface area contributed by atoms with Gasteiger partial charge in [-0.25, -0.2) is 0 Å². The van der Waals surface area contributed by atoms with Crippen molar-refractivity contribution in [3.8, 4) is 0 Å². The fourth-order valence-corrected chi connectivity index (χ4v) is 5.41. The third-order valence-corrected chi connectivity index (χ3v) is 6.58. The summed E-state index contributed by atoms with van der Waals surface area (Å²) < 4.78 is 0.774. The molecule has 1 aromatic heterocycles. The van der Waals surface area contributed by atoms with Crippen LogP contribution in [0.3, 0.4) is 0 Å². The maximum Gasteiger partial charge on any atom is 0.248 e. The first-order valence-electron chi connectivity index (χ1n) is 6.05. The Bertz CT molecular complexity index is 647. The molecule has 0 bridgehead atoms. The lowest BCUT2D eigenvalue weighted by atomic mass is 10.0. The van der Waals surface area contributed by atoms with Crippen molar-refractivity contribution in [3.05, 3.63) is 16.3 Å². The molecule has 1 fully saturated rings. The van der Waals surface area contributed by atoms with Gasteiger partial charge in [0.1, 0.15) is 16.4 Å². The van der Waals surface area contributed by atoms with E-state index < -0.39 is 12.0 Å². The molecular formula is C11H15N5O3S3. The van der Waals surface area contributed by atoms with Gasteiger partial charge in [-0.05, 0) is 12.5 Å². The summed E-state index contributed by atoms with van der Waals surface area (Å²) in [5, 5.41) is 19.8. The highest BCUT2D eigenvalue weighted by Gasteiger charge is 2.50. The molecule has 1 amide bonds. The molecule has 3 heterocycles. The van der Waals surface area contributed by atoms with Gasteiger partial charge in [-0.1, -0.05) is 23.1 Å². The van der Waals surface area contributed by atoms with E-state index in [4.69, 9.17) is 5.73 Å². The molecule has 120 valence electrons. The van der Waals surface area contributed by atoms with E-state index in [9.17, 15) is 14.7 Å². The van der Waals surface area contributed by atoms with Gasteiger partial charge >= 0.3 is 0 Å². The quantitative estimate of drug-likeness (QED) is 0.541. The van der Waals surface area contributed by atoms with Gasteiger partial charge in [-0.3, -0.25) is 9.69 Å². The summed E-state index contributed by atoms with van der Waals surface area (Å²) in [4.78, 5) is 24.4. The average Bonchev–Trinajstić information content (AvgIpc) is 2.88. The van der Waals surface area contributed by atoms with Crippen molar-refractivity contribution in [2.45, 2.75) is 22.7 Å². The largest absolute Gasteiger partial charge is 0.543 e. The Balaban J connectivity index is 0.00000176. The molecule has 2 atom stereocenters. The van der Waals surface area contributed by atoms with Crippen molar-refractivity contribution < 1.29 is 14.7 Å². The second kappa shape index (κ2) is 6.54. The molecule has 6 N–H and O–H groups in total. The molecule has 0 spiro atoms. The first kappa shape index (κ1) is 17.2. The predicted octanol–water partition coefficient (Wildman–Crippen LogP) is -0.439. The Morgan fingerprint density at radius 1 is 1.55 bits per heavy atom. The number of hydrogen-bond donors (Lipinski definition) is 2. The summed E-state index contributed by atoms with van der Waals surface area (Å²) in [7, 11) is 0. The number of carboxylic acids is 1. The van der Waals surface area contributed by atoms with Crippen molar-refractivity contribution in [2.75, 3.05) is 11.5 Å². The summed E-state index contributed by atoms with van der Waals surface area (Å²) in [6, 6.07) is -0.621. The van der Waals surface area contributed by atoms with Crippen molar-refractivity contribution in [2.24, 2.45) is 5.73 Å².